The van der Waals surface area contributed by atoms with Gasteiger partial charge < -0.3 is 19.3 Å². The van der Waals surface area contributed by atoms with Gasteiger partial charge in [0.2, 0.25) is 17.6 Å². The average Bonchev–Trinajstić information content (AvgIpc) is 3.33. The molecule has 1 aliphatic rings. The molecule has 0 bridgehead atoms. The van der Waals surface area contributed by atoms with Crippen LogP contribution in [0.4, 0.5) is 0 Å². The summed E-state index contributed by atoms with van der Waals surface area (Å²) in [7, 11) is 3.17. The third kappa shape index (κ3) is 3.80. The van der Waals surface area contributed by atoms with E-state index in [2.05, 4.69) is 15.5 Å². The Kier molecular flexibility index (Phi) is 4.45. The van der Waals surface area contributed by atoms with E-state index < -0.39 is 0 Å². The molecule has 23 heavy (non-hydrogen) atoms. The van der Waals surface area contributed by atoms with Crippen LogP contribution in [-0.2, 0) is 11.2 Å². The molecule has 1 saturated carbocycles. The Balaban J connectivity index is 1.65. The second kappa shape index (κ2) is 6.68. The molecule has 1 amide bonds. The number of aromatic nitrogens is 2. The first-order valence-corrected chi connectivity index (χ1v) is 7.53. The van der Waals surface area contributed by atoms with Crippen LogP contribution >= 0.6 is 0 Å². The quantitative estimate of drug-likeness (QED) is 0.838. The fourth-order valence-electron chi connectivity index (χ4n) is 2.19. The predicted octanol–water partition coefficient (Wildman–Crippen LogP) is 1.82. The number of rotatable bonds is 7. The van der Waals surface area contributed by atoms with E-state index in [4.69, 9.17) is 14.0 Å². The van der Waals surface area contributed by atoms with Crippen molar-refractivity contribution in [2.45, 2.75) is 19.3 Å². The topological polar surface area (TPSA) is 86.5 Å². The van der Waals surface area contributed by atoms with Crippen molar-refractivity contribution in [2.24, 2.45) is 5.92 Å². The summed E-state index contributed by atoms with van der Waals surface area (Å²) in [6.45, 7) is 0.498. The third-order valence-corrected chi connectivity index (χ3v) is 3.66. The van der Waals surface area contributed by atoms with Crippen molar-refractivity contribution >= 4 is 5.91 Å². The van der Waals surface area contributed by atoms with Crippen LogP contribution in [0.1, 0.15) is 18.7 Å². The zero-order valence-electron chi connectivity index (χ0n) is 13.2. The van der Waals surface area contributed by atoms with Gasteiger partial charge in [-0.1, -0.05) is 5.16 Å². The van der Waals surface area contributed by atoms with Crippen LogP contribution in [0.2, 0.25) is 0 Å². The molecule has 0 radical (unpaired) electrons. The molecule has 7 nitrogen and oxygen atoms in total. The molecule has 0 unspecified atom stereocenters. The number of benzene rings is 1. The average molecular weight is 317 g/mol. The maximum Gasteiger partial charge on any atom is 0.228 e. The van der Waals surface area contributed by atoms with E-state index in [0.29, 0.717) is 36.2 Å². The van der Waals surface area contributed by atoms with E-state index in [1.54, 1.807) is 20.3 Å². The zero-order chi connectivity index (χ0) is 16.2. The number of carbonyl (C=O) groups is 1. The fraction of sp³-hybridized carbons (Fsp3) is 0.438. The number of hydrogen-bond donors (Lipinski definition) is 1. The van der Waals surface area contributed by atoms with Gasteiger partial charge in [0.1, 0.15) is 11.5 Å². The highest BCUT2D eigenvalue weighted by molar-refractivity contribution is 5.80. The first-order valence-electron chi connectivity index (χ1n) is 7.53. The number of nitrogens with one attached hydrogen (secondary N) is 1. The van der Waals surface area contributed by atoms with Crippen LogP contribution < -0.4 is 14.8 Å². The van der Waals surface area contributed by atoms with Crippen LogP contribution in [0.25, 0.3) is 11.4 Å². The molecule has 3 rings (SSSR count). The van der Waals surface area contributed by atoms with Crippen LogP contribution in [0.3, 0.4) is 0 Å². The lowest BCUT2D eigenvalue weighted by Gasteiger charge is -2.05. The molecule has 1 aromatic heterocycles. The minimum absolute atomic E-state index is 0.113. The molecule has 7 heteroatoms. The number of carbonyl (C=O) groups excluding carboxylic acids is 1. The van der Waals surface area contributed by atoms with Crippen LogP contribution in [0.5, 0.6) is 11.5 Å². The Morgan fingerprint density at radius 3 is 2.57 bits per heavy atom. The van der Waals surface area contributed by atoms with Gasteiger partial charge in [-0.3, -0.25) is 4.79 Å². The van der Waals surface area contributed by atoms with Crippen molar-refractivity contribution in [3.63, 3.8) is 0 Å². The van der Waals surface area contributed by atoms with Gasteiger partial charge in [-0.2, -0.15) is 4.98 Å². The lowest BCUT2D eigenvalue weighted by Crippen LogP contribution is -2.26. The molecular formula is C16H19N3O4. The number of amides is 1. The van der Waals surface area contributed by atoms with Crippen molar-refractivity contribution in [2.75, 3.05) is 20.8 Å². The lowest BCUT2D eigenvalue weighted by molar-refractivity contribution is -0.122. The summed E-state index contributed by atoms with van der Waals surface area (Å²) >= 11 is 0. The van der Waals surface area contributed by atoms with Gasteiger partial charge in [0, 0.05) is 30.5 Å². The van der Waals surface area contributed by atoms with Gasteiger partial charge in [-0.15, -0.1) is 0 Å². The van der Waals surface area contributed by atoms with Crippen LogP contribution in [0.15, 0.2) is 22.7 Å². The highest BCUT2D eigenvalue weighted by atomic mass is 16.5. The number of methoxy groups -OCH3 is 2. The minimum Gasteiger partial charge on any atom is -0.497 e. The van der Waals surface area contributed by atoms with Crippen LogP contribution in [0, 0.1) is 5.92 Å². The maximum absolute atomic E-state index is 11.6. The molecule has 1 N–H and O–H groups in total. The Morgan fingerprint density at radius 2 is 1.96 bits per heavy atom. The second-order valence-corrected chi connectivity index (χ2v) is 5.43. The number of ether oxygens (including phenoxy) is 2. The molecule has 1 aliphatic carbocycles. The van der Waals surface area contributed by atoms with Gasteiger partial charge in [0.05, 0.1) is 14.2 Å². The monoisotopic (exact) mass is 317 g/mol. The zero-order valence-corrected chi connectivity index (χ0v) is 13.2. The molecule has 0 spiro atoms. The summed E-state index contributed by atoms with van der Waals surface area (Å²) in [6, 6.07) is 5.40. The standard InChI is InChI=1S/C16H19N3O4/c1-21-12-7-11(8-13(9-12)22-2)15-18-14(23-19-15)5-6-17-16(20)10-3-4-10/h7-10H,3-6H2,1-2H3,(H,17,20). The van der Waals surface area contributed by atoms with Gasteiger partial charge in [-0.25, -0.2) is 0 Å². The SMILES string of the molecule is COc1cc(OC)cc(-c2noc(CCNC(=O)C3CC3)n2)c1. The minimum atomic E-state index is 0.113. The second-order valence-electron chi connectivity index (χ2n) is 5.43. The Bertz CT molecular complexity index is 672. The van der Waals surface area contributed by atoms with E-state index in [-0.39, 0.29) is 11.8 Å². The molecule has 1 fully saturated rings. The van der Waals surface area contributed by atoms with E-state index in [1.165, 1.54) is 0 Å². The highest BCUT2D eigenvalue weighted by Crippen LogP contribution is 2.29. The Labute approximate surface area is 134 Å². The summed E-state index contributed by atoms with van der Waals surface area (Å²) in [5, 5.41) is 6.84. The van der Waals surface area contributed by atoms with Gasteiger partial charge in [-0.05, 0) is 25.0 Å². The number of hydrogen-bond acceptors (Lipinski definition) is 6. The van der Waals surface area contributed by atoms with Crippen molar-refractivity contribution in [1.82, 2.24) is 15.5 Å². The van der Waals surface area contributed by atoms with E-state index >= 15 is 0 Å². The molecular weight excluding hydrogens is 298 g/mol. The molecule has 1 aromatic carbocycles. The smallest absolute Gasteiger partial charge is 0.228 e. The van der Waals surface area contributed by atoms with Crippen molar-refractivity contribution in [3.05, 3.63) is 24.1 Å². The molecule has 0 atom stereocenters. The lowest BCUT2D eigenvalue weighted by atomic mass is 10.2. The van der Waals surface area contributed by atoms with E-state index in [9.17, 15) is 4.79 Å². The normalized spacial score (nSPS) is 13.7. The summed E-state index contributed by atoms with van der Waals surface area (Å²) in [5.74, 6) is 2.58. The van der Waals surface area contributed by atoms with E-state index in [1.807, 2.05) is 12.1 Å². The first kappa shape index (κ1) is 15.3. The Hall–Kier alpha value is -2.57. The highest BCUT2D eigenvalue weighted by Gasteiger charge is 2.29. The molecule has 0 saturated heterocycles. The maximum atomic E-state index is 11.6. The van der Waals surface area contributed by atoms with E-state index in [0.717, 1.165) is 18.4 Å². The summed E-state index contributed by atoms with van der Waals surface area (Å²) in [4.78, 5) is 15.9. The molecule has 0 aliphatic heterocycles. The largest absolute Gasteiger partial charge is 0.497 e. The fourth-order valence-corrected chi connectivity index (χ4v) is 2.19. The summed E-state index contributed by atoms with van der Waals surface area (Å²) in [6.07, 6.45) is 2.50. The predicted molar refractivity (Wildman–Crippen MR) is 82.3 cm³/mol. The van der Waals surface area contributed by atoms with Gasteiger partial charge in [0.25, 0.3) is 0 Å². The number of nitrogens with zero attached hydrogens (tertiary/aromatic N) is 2. The molecule has 122 valence electrons. The molecule has 2 aromatic rings. The van der Waals surface area contributed by atoms with Crippen molar-refractivity contribution in [3.8, 4) is 22.9 Å². The summed E-state index contributed by atoms with van der Waals surface area (Å²) < 4.78 is 15.7. The van der Waals surface area contributed by atoms with Crippen molar-refractivity contribution < 1.29 is 18.8 Å². The molecule has 1 heterocycles. The first-order chi connectivity index (χ1) is 11.2. The van der Waals surface area contributed by atoms with Gasteiger partial charge >= 0.3 is 0 Å². The van der Waals surface area contributed by atoms with Crippen molar-refractivity contribution in [1.29, 1.82) is 0 Å². The van der Waals surface area contributed by atoms with Gasteiger partial charge in [0.15, 0.2) is 0 Å². The Morgan fingerprint density at radius 1 is 1.26 bits per heavy atom. The summed E-state index contributed by atoms with van der Waals surface area (Å²) in [5.41, 5.74) is 0.748. The van der Waals surface area contributed by atoms with Crippen LogP contribution in [-0.4, -0.2) is 36.8 Å². The third-order valence-electron chi connectivity index (χ3n) is 3.66.